The number of allylic oxidation sites excluding steroid dienone is 2. The molecule has 12 nitrogen and oxygen atoms in total. The van der Waals surface area contributed by atoms with Gasteiger partial charge in [-0.05, 0) is 90.9 Å². The fourth-order valence-corrected chi connectivity index (χ4v) is 8.65. The molecule has 13 heteroatoms. The largest absolute Gasteiger partial charge is 0.507 e. The number of likely N-dealkylation sites (N-methyl/N-ethyl adjacent to an activating group) is 1. The van der Waals surface area contributed by atoms with Crippen LogP contribution in [0.25, 0.3) is 22.3 Å². The Kier molecular flexibility index (Phi) is 16.4. The number of fused-ring (bicyclic) bond motifs is 5. The molecule has 2 aliphatic rings. The molecule has 5 N–H and O–H groups in total. The number of nitrogens with zero attached hydrogens (tertiary/aromatic N) is 2. The van der Waals surface area contributed by atoms with Crippen LogP contribution in [-0.4, -0.2) is 75.9 Å². The van der Waals surface area contributed by atoms with Gasteiger partial charge in [0.05, 0.1) is 6.04 Å². The zero-order valence-corrected chi connectivity index (χ0v) is 37.9. The molecule has 0 fully saturated rings. The van der Waals surface area contributed by atoms with Crippen molar-refractivity contribution in [2.45, 2.75) is 90.1 Å². The SMILES string of the molecule is C[C@H](CC(=O)[C@@H]1Cc2ccc(O)c(c2)-c2cc(ccc2O)[C@H](N(C)C(=O)[C@H](CCCCN)CC(=O)c2ccc(-c3ccc(Cl)cc3)cc2)C(=O)C[C@@H](C)C(=O)N1)C(=O)CCC1=CCC=N1. The van der Waals surface area contributed by atoms with Crippen molar-refractivity contribution < 1.29 is 39.0 Å². The van der Waals surface area contributed by atoms with E-state index in [-0.39, 0.29) is 72.1 Å². The average Bonchev–Trinajstić information content (AvgIpc) is 3.82. The fourth-order valence-electron chi connectivity index (χ4n) is 8.52. The summed E-state index contributed by atoms with van der Waals surface area (Å²) in [4.78, 5) is 89.8. The second-order valence-corrected chi connectivity index (χ2v) is 17.7. The third-order valence-electron chi connectivity index (χ3n) is 12.4. The number of benzene rings is 4. The number of phenolic OH excluding ortho intramolecular Hbond substituents is 2. The maximum atomic E-state index is 14.7. The second kappa shape index (κ2) is 22.1. The van der Waals surface area contributed by atoms with Crippen LogP contribution in [0.5, 0.6) is 11.5 Å². The molecule has 0 aliphatic carbocycles. The lowest BCUT2D eigenvalue weighted by Crippen LogP contribution is -2.46. The van der Waals surface area contributed by atoms with Crippen LogP contribution in [0.3, 0.4) is 0 Å². The number of Topliss-reactive ketones (excluding diaryl/α,β-unsaturated/α-hetero) is 4. The Morgan fingerprint density at radius 1 is 0.877 bits per heavy atom. The highest BCUT2D eigenvalue weighted by Crippen LogP contribution is 2.40. The van der Waals surface area contributed by atoms with Crippen molar-refractivity contribution >= 4 is 52.8 Å². The Balaban J connectivity index is 1.28. The first-order valence-corrected chi connectivity index (χ1v) is 22.6. The predicted octanol–water partition coefficient (Wildman–Crippen LogP) is 8.54. The minimum absolute atomic E-state index is 0.0120. The van der Waals surface area contributed by atoms with E-state index in [1.54, 1.807) is 56.5 Å². The number of unbranched alkanes of at least 4 members (excludes halogenated alkanes) is 1. The monoisotopic (exact) mass is 900 g/mol. The first kappa shape index (κ1) is 48.2. The van der Waals surface area contributed by atoms with E-state index in [0.717, 1.165) is 23.2 Å². The number of carbonyl (C=O) groups excluding carboxylic acids is 6. The summed E-state index contributed by atoms with van der Waals surface area (Å²) < 4.78 is 0. The van der Waals surface area contributed by atoms with Crippen molar-refractivity contribution in [1.82, 2.24) is 10.2 Å². The Labute approximate surface area is 385 Å². The van der Waals surface area contributed by atoms with E-state index < -0.39 is 47.4 Å². The number of nitrogens with one attached hydrogen (secondary N) is 1. The molecule has 5 atom stereocenters. The summed E-state index contributed by atoms with van der Waals surface area (Å²) in [5.74, 6) is -5.07. The summed E-state index contributed by atoms with van der Waals surface area (Å²) in [5.41, 5.74) is 10.1. The van der Waals surface area contributed by atoms with Crippen LogP contribution >= 0.6 is 11.6 Å². The summed E-state index contributed by atoms with van der Waals surface area (Å²) in [7, 11) is 1.49. The third-order valence-corrected chi connectivity index (χ3v) is 12.7. The lowest BCUT2D eigenvalue weighted by atomic mass is 9.87. The molecule has 4 bridgehead atoms. The number of hydrogen-bond donors (Lipinski definition) is 4. The van der Waals surface area contributed by atoms with Gasteiger partial charge in [-0.25, -0.2) is 0 Å². The maximum Gasteiger partial charge on any atom is 0.226 e. The van der Waals surface area contributed by atoms with Gasteiger partial charge in [-0.2, -0.15) is 0 Å². The number of hydrogen-bond acceptors (Lipinski definition) is 10. The van der Waals surface area contributed by atoms with Crippen LogP contribution in [0.15, 0.2) is 102 Å². The van der Waals surface area contributed by atoms with Gasteiger partial charge < -0.3 is 26.2 Å². The molecule has 4 aromatic rings. The molecule has 2 amide bonds. The quantitative estimate of drug-likeness (QED) is 0.0593. The van der Waals surface area contributed by atoms with Gasteiger partial charge in [0.15, 0.2) is 17.3 Å². The van der Waals surface area contributed by atoms with E-state index in [4.69, 9.17) is 17.3 Å². The number of carbonyl (C=O) groups is 6. The molecule has 0 spiro atoms. The van der Waals surface area contributed by atoms with Crippen LogP contribution in [0.2, 0.25) is 5.02 Å². The zero-order valence-electron chi connectivity index (χ0n) is 37.1. The number of halogens is 1. The van der Waals surface area contributed by atoms with Crippen molar-refractivity contribution in [2.24, 2.45) is 28.5 Å². The number of aromatic hydroxyl groups is 2. The highest BCUT2D eigenvalue weighted by atomic mass is 35.5. The van der Waals surface area contributed by atoms with Crippen LogP contribution in [0, 0.1) is 17.8 Å². The number of nitrogens with two attached hydrogens (primary N) is 1. The summed E-state index contributed by atoms with van der Waals surface area (Å²) >= 11 is 6.07. The molecule has 0 saturated carbocycles. The average molecular weight is 902 g/mol. The molecule has 0 aromatic heterocycles. The first-order chi connectivity index (χ1) is 31.1. The van der Waals surface area contributed by atoms with Gasteiger partial charge in [-0.15, -0.1) is 0 Å². The Bertz CT molecular complexity index is 2480. The van der Waals surface area contributed by atoms with Crippen molar-refractivity contribution in [1.29, 1.82) is 0 Å². The summed E-state index contributed by atoms with van der Waals surface area (Å²) in [6.45, 7) is 3.64. The standard InChI is InChI=1S/C52H57ClN4O8/c1-31(44(58)22-19-40-8-6-24-55-40)25-48(62)43-28-33-9-20-45(59)41(27-33)42-29-37(16-21-46(42)60)50(49(63)26-32(2)51(64)56-43)57(3)52(65)38(7-4-5-23-54)30-47(61)36-12-10-34(11-13-36)35-14-17-39(53)18-15-35/h8-18,20-21,24,27,29,31-32,38,43,50,59-60H,4-7,19,22-23,25-26,28,30,54H2,1-3H3,(H,56,64)/t31-,32-,38-,43+,50+/m1/s1. The normalized spacial score (nSPS) is 18.2. The number of amides is 2. The molecule has 2 aliphatic heterocycles. The topological polar surface area (TPSA) is 197 Å². The van der Waals surface area contributed by atoms with Gasteiger partial charge in [-0.1, -0.05) is 86.5 Å². The molecular weight excluding hydrogens is 844 g/mol. The van der Waals surface area contributed by atoms with E-state index in [1.807, 2.05) is 30.3 Å². The lowest BCUT2D eigenvalue weighted by Gasteiger charge is -2.32. The Morgan fingerprint density at radius 3 is 2.20 bits per heavy atom. The lowest BCUT2D eigenvalue weighted by molar-refractivity contribution is -0.142. The number of phenols is 2. The van der Waals surface area contributed by atoms with Gasteiger partial charge in [-0.3, -0.25) is 33.8 Å². The van der Waals surface area contributed by atoms with E-state index in [2.05, 4.69) is 10.3 Å². The molecular formula is C52H57ClN4O8. The highest BCUT2D eigenvalue weighted by Gasteiger charge is 2.36. The van der Waals surface area contributed by atoms with Crippen molar-refractivity contribution in [3.05, 3.63) is 118 Å². The van der Waals surface area contributed by atoms with Crippen LogP contribution < -0.4 is 11.1 Å². The van der Waals surface area contributed by atoms with Crippen molar-refractivity contribution in [2.75, 3.05) is 13.6 Å². The second-order valence-electron chi connectivity index (χ2n) is 17.3. The van der Waals surface area contributed by atoms with Crippen LogP contribution in [0.4, 0.5) is 0 Å². The summed E-state index contributed by atoms with van der Waals surface area (Å²) in [6, 6.07) is 21.2. The van der Waals surface area contributed by atoms with Crippen molar-refractivity contribution in [3.63, 3.8) is 0 Å². The number of rotatable bonds is 17. The van der Waals surface area contributed by atoms with Crippen LogP contribution in [0.1, 0.15) is 99.2 Å². The minimum Gasteiger partial charge on any atom is -0.507 e. The smallest absolute Gasteiger partial charge is 0.226 e. The predicted molar refractivity (Wildman–Crippen MR) is 252 cm³/mol. The Morgan fingerprint density at radius 2 is 1.54 bits per heavy atom. The van der Waals surface area contributed by atoms with Crippen molar-refractivity contribution in [3.8, 4) is 33.8 Å². The maximum absolute atomic E-state index is 14.7. The van der Waals surface area contributed by atoms with Gasteiger partial charge in [0.25, 0.3) is 0 Å². The molecule has 340 valence electrons. The summed E-state index contributed by atoms with van der Waals surface area (Å²) in [5, 5.41) is 25.8. The van der Waals surface area contributed by atoms with Gasteiger partial charge in [0, 0.05) is 90.5 Å². The molecule has 6 rings (SSSR count). The highest BCUT2D eigenvalue weighted by molar-refractivity contribution is 6.30. The molecule has 0 unspecified atom stereocenters. The van der Waals surface area contributed by atoms with Crippen LogP contribution in [-0.2, 0) is 30.4 Å². The molecule has 0 radical (unpaired) electrons. The minimum atomic E-state index is -1.27. The van der Waals surface area contributed by atoms with E-state index >= 15 is 0 Å². The van der Waals surface area contributed by atoms with E-state index in [9.17, 15) is 39.0 Å². The molecule has 0 saturated heterocycles. The molecule has 2 heterocycles. The van der Waals surface area contributed by atoms with Gasteiger partial charge in [0.1, 0.15) is 23.3 Å². The number of ketones is 4. The first-order valence-electron chi connectivity index (χ1n) is 22.2. The number of aliphatic imine (C=N–C) groups is 1. The molecule has 65 heavy (non-hydrogen) atoms. The summed E-state index contributed by atoms with van der Waals surface area (Å²) in [6.07, 6.45) is 6.06. The zero-order chi connectivity index (χ0) is 46.8. The Hall–Kier alpha value is -6.24. The molecule has 4 aromatic carbocycles. The van der Waals surface area contributed by atoms with E-state index in [0.29, 0.717) is 53.9 Å². The van der Waals surface area contributed by atoms with Gasteiger partial charge >= 0.3 is 0 Å². The van der Waals surface area contributed by atoms with Gasteiger partial charge in [0.2, 0.25) is 11.8 Å². The fraction of sp³-hybridized carbons (Fsp3) is 0.365. The van der Waals surface area contributed by atoms with E-state index in [1.165, 1.54) is 36.2 Å². The third kappa shape index (κ3) is 12.3.